The smallest absolute Gasteiger partial charge is 0.164 e. The summed E-state index contributed by atoms with van der Waals surface area (Å²) in [7, 11) is 0. The highest BCUT2D eigenvalue weighted by molar-refractivity contribution is 5.88. The van der Waals surface area contributed by atoms with Crippen molar-refractivity contribution >= 4 is 0 Å². The third kappa shape index (κ3) is 5.80. The molecule has 238 valence electrons. The fourth-order valence-electron chi connectivity index (χ4n) is 6.90. The number of hydrogen-bond acceptors (Lipinski definition) is 3. The summed E-state index contributed by atoms with van der Waals surface area (Å²) in [5.74, 6) is 1.98. The van der Waals surface area contributed by atoms with Gasteiger partial charge in [0.25, 0.3) is 0 Å². The van der Waals surface area contributed by atoms with Gasteiger partial charge in [-0.25, -0.2) is 15.0 Å². The molecular formula is C47H35N3. The number of aromatic nitrogens is 3. The van der Waals surface area contributed by atoms with E-state index in [4.69, 9.17) is 15.0 Å². The molecule has 0 bridgehead atoms. The van der Waals surface area contributed by atoms with E-state index >= 15 is 0 Å². The minimum Gasteiger partial charge on any atom is -0.208 e. The predicted molar refractivity (Wildman–Crippen MR) is 207 cm³/mol. The van der Waals surface area contributed by atoms with E-state index in [-0.39, 0.29) is 7.43 Å². The SMILES string of the molecule is C.c1ccc(-c2ccc(-c3cccc4c3Cc3ccc(-c5cccc(-c6nc(-c7ccccc7)nc(-c7ccccc7)n6)c5)cc3-4)cc2)cc1. The van der Waals surface area contributed by atoms with Crippen LogP contribution in [0, 0.1) is 0 Å². The van der Waals surface area contributed by atoms with E-state index in [1.807, 2.05) is 60.7 Å². The summed E-state index contributed by atoms with van der Waals surface area (Å²) >= 11 is 0. The molecule has 0 aliphatic heterocycles. The van der Waals surface area contributed by atoms with Crippen LogP contribution in [0.5, 0.6) is 0 Å². The van der Waals surface area contributed by atoms with Gasteiger partial charge in [0, 0.05) is 16.7 Å². The Morgan fingerprint density at radius 1 is 0.300 bits per heavy atom. The molecule has 0 radical (unpaired) electrons. The zero-order chi connectivity index (χ0) is 32.6. The molecule has 1 aromatic heterocycles. The first-order valence-electron chi connectivity index (χ1n) is 16.7. The lowest BCUT2D eigenvalue weighted by molar-refractivity contribution is 1.07. The summed E-state index contributed by atoms with van der Waals surface area (Å²) in [4.78, 5) is 14.8. The van der Waals surface area contributed by atoms with E-state index in [0.717, 1.165) is 28.7 Å². The summed E-state index contributed by atoms with van der Waals surface area (Å²) in [6, 6.07) is 61.9. The van der Waals surface area contributed by atoms with Crippen molar-refractivity contribution < 1.29 is 0 Å². The van der Waals surface area contributed by atoms with Gasteiger partial charge in [0.1, 0.15) is 0 Å². The van der Waals surface area contributed by atoms with Gasteiger partial charge in [-0.05, 0) is 74.2 Å². The van der Waals surface area contributed by atoms with Crippen molar-refractivity contribution in [3.63, 3.8) is 0 Å². The molecule has 9 rings (SSSR count). The van der Waals surface area contributed by atoms with Crippen molar-refractivity contribution in [3.05, 3.63) is 187 Å². The van der Waals surface area contributed by atoms with E-state index in [9.17, 15) is 0 Å². The Morgan fingerprint density at radius 2 is 0.740 bits per heavy atom. The van der Waals surface area contributed by atoms with E-state index in [1.54, 1.807) is 0 Å². The predicted octanol–water partition coefficient (Wildman–Crippen LogP) is 12.1. The topological polar surface area (TPSA) is 38.7 Å². The summed E-state index contributed by atoms with van der Waals surface area (Å²) in [6.07, 6.45) is 0.928. The maximum absolute atomic E-state index is 4.96. The second-order valence-electron chi connectivity index (χ2n) is 12.4. The first-order valence-corrected chi connectivity index (χ1v) is 16.7. The van der Waals surface area contributed by atoms with E-state index in [2.05, 4.69) is 115 Å². The van der Waals surface area contributed by atoms with Crippen LogP contribution in [0.1, 0.15) is 18.6 Å². The molecule has 0 N–H and O–H groups in total. The summed E-state index contributed by atoms with van der Waals surface area (Å²) in [5.41, 5.74) is 15.6. The van der Waals surface area contributed by atoms with Crippen LogP contribution in [0.4, 0.5) is 0 Å². The van der Waals surface area contributed by atoms with Crippen LogP contribution >= 0.6 is 0 Å². The second kappa shape index (κ2) is 13.2. The van der Waals surface area contributed by atoms with Gasteiger partial charge in [-0.1, -0.05) is 171 Å². The molecule has 1 aliphatic carbocycles. The van der Waals surface area contributed by atoms with Gasteiger partial charge in [0.15, 0.2) is 17.5 Å². The van der Waals surface area contributed by atoms with Crippen LogP contribution in [-0.2, 0) is 6.42 Å². The van der Waals surface area contributed by atoms with Crippen LogP contribution < -0.4 is 0 Å². The maximum atomic E-state index is 4.96. The standard InChI is InChI=1S/C46H31N3.CH4/c1-4-12-31(13-5-1)32-22-24-33(25-23-32)40-20-11-21-41-42-29-37(26-27-38(42)30-43(40)41)36-18-10-19-39(28-36)46-48-44(34-14-6-2-7-15-34)47-45(49-46)35-16-8-3-9-17-35;/h1-29H,30H2;1H4. The lowest BCUT2D eigenvalue weighted by Crippen LogP contribution is -2.00. The second-order valence-corrected chi connectivity index (χ2v) is 12.4. The third-order valence-corrected chi connectivity index (χ3v) is 9.40. The number of benzene rings is 7. The van der Waals surface area contributed by atoms with Gasteiger partial charge in [-0.2, -0.15) is 0 Å². The number of nitrogens with zero attached hydrogens (tertiary/aromatic N) is 3. The Bertz CT molecular complexity index is 2380. The molecule has 1 aliphatic rings. The van der Waals surface area contributed by atoms with Crippen LogP contribution in [0.25, 0.3) is 78.7 Å². The number of rotatable bonds is 6. The average Bonchev–Trinajstić information content (AvgIpc) is 3.57. The quantitative estimate of drug-likeness (QED) is 0.181. The van der Waals surface area contributed by atoms with E-state index < -0.39 is 0 Å². The molecule has 1 heterocycles. The normalized spacial score (nSPS) is 11.4. The summed E-state index contributed by atoms with van der Waals surface area (Å²) in [5, 5.41) is 0. The fraction of sp³-hybridized carbons (Fsp3) is 0.0426. The minimum atomic E-state index is 0. The largest absolute Gasteiger partial charge is 0.208 e. The molecule has 0 saturated carbocycles. The lowest BCUT2D eigenvalue weighted by atomic mass is 9.94. The number of hydrogen-bond donors (Lipinski definition) is 0. The highest BCUT2D eigenvalue weighted by atomic mass is 15.0. The maximum Gasteiger partial charge on any atom is 0.164 e. The fourth-order valence-corrected chi connectivity index (χ4v) is 6.90. The van der Waals surface area contributed by atoms with Gasteiger partial charge in [-0.3, -0.25) is 0 Å². The molecule has 0 amide bonds. The molecule has 0 fully saturated rings. The van der Waals surface area contributed by atoms with Crippen LogP contribution in [0.15, 0.2) is 176 Å². The zero-order valence-corrected chi connectivity index (χ0v) is 26.8. The van der Waals surface area contributed by atoms with Crippen molar-refractivity contribution in [1.82, 2.24) is 15.0 Å². The Morgan fingerprint density at radius 3 is 1.38 bits per heavy atom. The van der Waals surface area contributed by atoms with Crippen LogP contribution in [0.2, 0.25) is 0 Å². The van der Waals surface area contributed by atoms with Crippen molar-refractivity contribution in [2.45, 2.75) is 13.8 Å². The molecule has 7 aromatic carbocycles. The van der Waals surface area contributed by atoms with Crippen molar-refractivity contribution in [1.29, 1.82) is 0 Å². The molecular weight excluding hydrogens is 607 g/mol. The number of fused-ring (bicyclic) bond motifs is 3. The van der Waals surface area contributed by atoms with Gasteiger partial charge < -0.3 is 0 Å². The van der Waals surface area contributed by atoms with Crippen molar-refractivity contribution in [2.75, 3.05) is 0 Å². The summed E-state index contributed by atoms with van der Waals surface area (Å²) in [6.45, 7) is 0. The first kappa shape index (κ1) is 30.9. The Kier molecular flexibility index (Phi) is 8.16. The Labute approximate surface area is 293 Å². The molecule has 0 atom stereocenters. The third-order valence-electron chi connectivity index (χ3n) is 9.40. The summed E-state index contributed by atoms with van der Waals surface area (Å²) < 4.78 is 0. The minimum absolute atomic E-state index is 0. The van der Waals surface area contributed by atoms with Gasteiger partial charge in [-0.15, -0.1) is 0 Å². The molecule has 0 unspecified atom stereocenters. The monoisotopic (exact) mass is 641 g/mol. The molecule has 8 aromatic rings. The van der Waals surface area contributed by atoms with Gasteiger partial charge >= 0.3 is 0 Å². The van der Waals surface area contributed by atoms with Crippen LogP contribution in [-0.4, -0.2) is 15.0 Å². The molecule has 0 spiro atoms. The Hall–Kier alpha value is -6.45. The highest BCUT2D eigenvalue weighted by Gasteiger charge is 2.22. The molecule has 0 saturated heterocycles. The van der Waals surface area contributed by atoms with Gasteiger partial charge in [0.2, 0.25) is 0 Å². The van der Waals surface area contributed by atoms with E-state index in [1.165, 1.54) is 50.1 Å². The average molecular weight is 642 g/mol. The molecule has 3 heteroatoms. The van der Waals surface area contributed by atoms with Crippen molar-refractivity contribution in [3.8, 4) is 78.7 Å². The zero-order valence-electron chi connectivity index (χ0n) is 26.8. The molecule has 50 heavy (non-hydrogen) atoms. The van der Waals surface area contributed by atoms with Gasteiger partial charge in [0.05, 0.1) is 0 Å². The first-order chi connectivity index (χ1) is 24.3. The highest BCUT2D eigenvalue weighted by Crippen LogP contribution is 2.43. The Balaban J connectivity index is 0.00000361. The van der Waals surface area contributed by atoms with Crippen molar-refractivity contribution in [2.24, 2.45) is 0 Å². The van der Waals surface area contributed by atoms with Crippen LogP contribution in [0.3, 0.4) is 0 Å². The van der Waals surface area contributed by atoms with E-state index in [0.29, 0.717) is 17.5 Å². The molecule has 3 nitrogen and oxygen atoms in total. The lowest BCUT2D eigenvalue weighted by Gasteiger charge is -2.11.